The van der Waals surface area contributed by atoms with E-state index in [1.165, 1.54) is 17.7 Å². The van der Waals surface area contributed by atoms with Crippen molar-refractivity contribution in [3.05, 3.63) is 82.0 Å². The van der Waals surface area contributed by atoms with Crippen LogP contribution in [-0.4, -0.2) is 28.0 Å². The van der Waals surface area contributed by atoms with Crippen LogP contribution in [-0.2, 0) is 25.8 Å². The smallest absolute Gasteiger partial charge is 0.129 e. The molecule has 0 amide bonds. The van der Waals surface area contributed by atoms with E-state index < -0.39 is 0 Å². The third-order valence-corrected chi connectivity index (χ3v) is 5.49. The second-order valence-corrected chi connectivity index (χ2v) is 7.61. The first-order valence-electron chi connectivity index (χ1n) is 9.74. The number of hydrogen-bond acceptors (Lipinski definition) is 3. The molecule has 28 heavy (non-hydrogen) atoms. The van der Waals surface area contributed by atoms with Crippen molar-refractivity contribution in [2.75, 3.05) is 13.1 Å². The molecule has 0 N–H and O–H groups in total. The van der Waals surface area contributed by atoms with Gasteiger partial charge in [-0.25, -0.2) is 14.4 Å². The van der Waals surface area contributed by atoms with E-state index in [1.54, 1.807) is 0 Å². The second-order valence-electron chi connectivity index (χ2n) is 7.18. The molecule has 5 heteroatoms. The summed E-state index contributed by atoms with van der Waals surface area (Å²) in [6.45, 7) is 4.77. The van der Waals surface area contributed by atoms with Gasteiger partial charge in [0.15, 0.2) is 0 Å². The fourth-order valence-corrected chi connectivity index (χ4v) is 3.83. The van der Waals surface area contributed by atoms with E-state index in [1.807, 2.05) is 36.4 Å². The van der Waals surface area contributed by atoms with Gasteiger partial charge in [-0.15, -0.1) is 0 Å². The summed E-state index contributed by atoms with van der Waals surface area (Å²) in [5.41, 5.74) is 5.64. The summed E-state index contributed by atoms with van der Waals surface area (Å²) in [4.78, 5) is 12.1. The molecule has 0 saturated carbocycles. The van der Waals surface area contributed by atoms with Gasteiger partial charge in [0, 0.05) is 54.3 Å². The second kappa shape index (κ2) is 8.38. The Morgan fingerprint density at radius 1 is 0.964 bits per heavy atom. The molecular weight excluding hydrogens is 373 g/mol. The van der Waals surface area contributed by atoms with E-state index in [-0.39, 0.29) is 5.82 Å². The third-order valence-electron chi connectivity index (χ3n) is 5.24. The van der Waals surface area contributed by atoms with Gasteiger partial charge in [-0.1, -0.05) is 42.8 Å². The fourth-order valence-electron chi connectivity index (χ4n) is 3.71. The maximum Gasteiger partial charge on any atom is 0.129 e. The number of nitrogens with zero attached hydrogens (tertiary/aromatic N) is 3. The zero-order valence-electron chi connectivity index (χ0n) is 16.0. The van der Waals surface area contributed by atoms with Crippen LogP contribution < -0.4 is 0 Å². The number of aryl methyl sites for hydroxylation is 1. The average Bonchev–Trinajstić information content (AvgIpc) is 2.92. The van der Waals surface area contributed by atoms with Crippen LogP contribution in [0.3, 0.4) is 0 Å². The van der Waals surface area contributed by atoms with Crippen molar-refractivity contribution in [2.45, 2.75) is 32.7 Å². The van der Waals surface area contributed by atoms with Gasteiger partial charge in [-0.05, 0) is 36.2 Å². The van der Waals surface area contributed by atoms with Gasteiger partial charge in [0.1, 0.15) is 11.6 Å². The maximum absolute atomic E-state index is 13.2. The Kier molecular flexibility index (Phi) is 5.69. The number of rotatable bonds is 4. The van der Waals surface area contributed by atoms with Crippen LogP contribution in [0.5, 0.6) is 0 Å². The summed E-state index contributed by atoms with van der Waals surface area (Å²) < 4.78 is 13.2. The molecule has 0 radical (unpaired) electrons. The maximum atomic E-state index is 13.2. The Hall–Kier alpha value is -2.30. The largest absolute Gasteiger partial charge is 0.298 e. The van der Waals surface area contributed by atoms with Crippen LogP contribution in [0.25, 0.3) is 11.3 Å². The Bertz CT molecular complexity index is 955. The molecule has 2 aromatic carbocycles. The monoisotopic (exact) mass is 395 g/mol. The third kappa shape index (κ3) is 4.23. The molecular formula is C23H23ClFN3. The summed E-state index contributed by atoms with van der Waals surface area (Å²) >= 11 is 6.07. The molecule has 1 aliphatic heterocycles. The van der Waals surface area contributed by atoms with E-state index in [0.717, 1.165) is 72.3 Å². The van der Waals surface area contributed by atoms with E-state index in [4.69, 9.17) is 21.6 Å². The minimum atomic E-state index is -0.193. The molecule has 1 aromatic heterocycles. The Labute approximate surface area is 170 Å². The first-order valence-corrected chi connectivity index (χ1v) is 10.1. The van der Waals surface area contributed by atoms with E-state index in [2.05, 4.69) is 11.8 Å². The Balaban J connectivity index is 1.61. The summed E-state index contributed by atoms with van der Waals surface area (Å²) in [6.07, 6.45) is 2.61. The lowest BCUT2D eigenvalue weighted by atomic mass is 10.0. The molecule has 2 heterocycles. The van der Waals surface area contributed by atoms with Crippen LogP contribution >= 0.6 is 11.6 Å². The van der Waals surface area contributed by atoms with Crippen molar-refractivity contribution in [3.63, 3.8) is 0 Å². The highest BCUT2D eigenvalue weighted by molar-refractivity contribution is 6.30. The molecule has 3 nitrogen and oxygen atoms in total. The number of fused-ring (bicyclic) bond motifs is 1. The molecule has 0 aliphatic carbocycles. The molecule has 4 rings (SSSR count). The molecule has 0 fully saturated rings. The Morgan fingerprint density at radius 2 is 1.68 bits per heavy atom. The van der Waals surface area contributed by atoms with Crippen molar-refractivity contribution in [1.82, 2.24) is 14.9 Å². The van der Waals surface area contributed by atoms with Crippen LogP contribution in [0.1, 0.15) is 29.6 Å². The molecule has 0 saturated heterocycles. The lowest BCUT2D eigenvalue weighted by molar-refractivity contribution is 0.279. The van der Waals surface area contributed by atoms with Crippen LogP contribution in [0, 0.1) is 5.82 Å². The number of benzene rings is 2. The van der Waals surface area contributed by atoms with Crippen molar-refractivity contribution < 1.29 is 4.39 Å². The highest BCUT2D eigenvalue weighted by Crippen LogP contribution is 2.28. The molecule has 0 unspecified atom stereocenters. The standard InChI is InChI=1S/C23H23ClFN3/c1-2-22-26-21-12-14-28(15-16-3-9-19(25)10-4-16)13-11-20(21)23(27-22)17-5-7-18(24)8-6-17/h3-10H,2,11-15H2,1H3. The van der Waals surface area contributed by atoms with Crippen molar-refractivity contribution in [2.24, 2.45) is 0 Å². The van der Waals surface area contributed by atoms with Crippen molar-refractivity contribution >= 4 is 11.6 Å². The SMILES string of the molecule is CCc1nc2c(c(-c3ccc(Cl)cc3)n1)CCN(Cc1ccc(F)cc1)CC2. The van der Waals surface area contributed by atoms with Crippen LogP contribution in [0.4, 0.5) is 4.39 Å². The van der Waals surface area contributed by atoms with E-state index in [9.17, 15) is 4.39 Å². The van der Waals surface area contributed by atoms with Gasteiger partial charge in [-0.2, -0.15) is 0 Å². The highest BCUT2D eigenvalue weighted by atomic mass is 35.5. The zero-order chi connectivity index (χ0) is 19.5. The average molecular weight is 396 g/mol. The van der Waals surface area contributed by atoms with Crippen LogP contribution in [0.15, 0.2) is 48.5 Å². The summed E-state index contributed by atoms with van der Waals surface area (Å²) in [7, 11) is 0. The predicted molar refractivity (Wildman–Crippen MR) is 111 cm³/mol. The molecule has 144 valence electrons. The number of hydrogen-bond donors (Lipinski definition) is 0. The first-order chi connectivity index (χ1) is 13.6. The predicted octanol–water partition coefficient (Wildman–Crippen LogP) is 5.10. The van der Waals surface area contributed by atoms with E-state index in [0.29, 0.717) is 0 Å². The zero-order valence-corrected chi connectivity index (χ0v) is 16.7. The van der Waals surface area contributed by atoms with Crippen molar-refractivity contribution in [3.8, 4) is 11.3 Å². The lowest BCUT2D eigenvalue weighted by Crippen LogP contribution is -2.25. The number of aromatic nitrogens is 2. The minimum absolute atomic E-state index is 0.193. The molecule has 3 aromatic rings. The number of halogens is 2. The van der Waals surface area contributed by atoms with Gasteiger partial charge in [0.2, 0.25) is 0 Å². The van der Waals surface area contributed by atoms with Gasteiger partial charge >= 0.3 is 0 Å². The molecule has 0 spiro atoms. The first kappa shape index (κ1) is 19.0. The molecule has 1 aliphatic rings. The quantitative estimate of drug-likeness (QED) is 0.615. The molecule has 0 bridgehead atoms. The topological polar surface area (TPSA) is 29.0 Å². The van der Waals surface area contributed by atoms with Gasteiger partial charge in [0.25, 0.3) is 0 Å². The lowest BCUT2D eigenvalue weighted by Gasteiger charge is -2.19. The van der Waals surface area contributed by atoms with Crippen molar-refractivity contribution in [1.29, 1.82) is 0 Å². The van der Waals surface area contributed by atoms with Gasteiger partial charge in [-0.3, -0.25) is 4.90 Å². The van der Waals surface area contributed by atoms with Gasteiger partial charge in [0.05, 0.1) is 5.69 Å². The van der Waals surface area contributed by atoms with E-state index >= 15 is 0 Å². The normalized spacial score (nSPS) is 14.5. The Morgan fingerprint density at radius 3 is 2.39 bits per heavy atom. The summed E-state index contributed by atoms with van der Waals surface area (Å²) in [5.74, 6) is 0.692. The van der Waals surface area contributed by atoms with Gasteiger partial charge < -0.3 is 0 Å². The summed E-state index contributed by atoms with van der Waals surface area (Å²) in [6, 6.07) is 14.7. The van der Waals surface area contributed by atoms with Crippen LogP contribution in [0.2, 0.25) is 5.02 Å². The minimum Gasteiger partial charge on any atom is -0.298 e. The highest BCUT2D eigenvalue weighted by Gasteiger charge is 2.21. The summed E-state index contributed by atoms with van der Waals surface area (Å²) in [5, 5.41) is 0.727. The molecule has 0 atom stereocenters. The fraction of sp³-hybridized carbons (Fsp3) is 0.304.